The quantitative estimate of drug-likeness (QED) is 0.222. The summed E-state index contributed by atoms with van der Waals surface area (Å²) >= 11 is 2.63. The maximum Gasteiger partial charge on any atom is 0.341 e. The molecule has 0 fully saturated rings. The van der Waals surface area contributed by atoms with Crippen LogP contribution in [0.2, 0.25) is 0 Å². The third-order valence-electron chi connectivity index (χ3n) is 5.79. The van der Waals surface area contributed by atoms with E-state index in [4.69, 9.17) is 4.74 Å². The first kappa shape index (κ1) is 25.7. The average molecular weight is 521 g/mol. The lowest BCUT2D eigenvalue weighted by Crippen LogP contribution is -2.16. The van der Waals surface area contributed by atoms with Crippen LogP contribution in [-0.2, 0) is 16.1 Å². The number of carbonyl (C=O) groups is 2. The zero-order valence-corrected chi connectivity index (χ0v) is 22.5. The molecule has 9 heteroatoms. The molecule has 1 amide bonds. The van der Waals surface area contributed by atoms with Crippen LogP contribution >= 0.6 is 23.1 Å². The minimum Gasteiger partial charge on any atom is -0.465 e. The third-order valence-corrected chi connectivity index (χ3v) is 7.65. The second kappa shape index (κ2) is 11.1. The third kappa shape index (κ3) is 5.37. The van der Waals surface area contributed by atoms with Gasteiger partial charge in [0.2, 0.25) is 5.91 Å². The topological polar surface area (TPSA) is 86.1 Å². The molecule has 0 spiro atoms. The summed E-state index contributed by atoms with van der Waals surface area (Å²) in [6.07, 6.45) is 0. The molecule has 2 aromatic heterocycles. The highest BCUT2D eigenvalue weighted by atomic mass is 32.2. The summed E-state index contributed by atoms with van der Waals surface area (Å²) < 4.78 is 7.04. The fraction of sp³-hybridized carbons (Fsp3) is 0.259. The molecule has 0 bridgehead atoms. The Morgan fingerprint density at radius 2 is 1.75 bits per heavy atom. The van der Waals surface area contributed by atoms with Crippen molar-refractivity contribution in [1.82, 2.24) is 14.8 Å². The molecule has 0 atom stereocenters. The van der Waals surface area contributed by atoms with Crippen molar-refractivity contribution in [1.29, 1.82) is 0 Å². The van der Waals surface area contributed by atoms with Crippen molar-refractivity contribution < 1.29 is 14.3 Å². The number of nitrogens with zero attached hydrogens (tertiary/aromatic N) is 3. The van der Waals surface area contributed by atoms with Gasteiger partial charge in [0.25, 0.3) is 0 Å². The van der Waals surface area contributed by atoms with Gasteiger partial charge in [-0.05, 0) is 38.8 Å². The molecule has 0 aliphatic carbocycles. The van der Waals surface area contributed by atoms with Gasteiger partial charge in [0.15, 0.2) is 11.0 Å². The Hall–Kier alpha value is -3.43. The van der Waals surface area contributed by atoms with Crippen molar-refractivity contribution in [2.24, 2.45) is 0 Å². The summed E-state index contributed by atoms with van der Waals surface area (Å²) in [6, 6.07) is 14.2. The highest BCUT2D eigenvalue weighted by Crippen LogP contribution is 2.38. The smallest absolute Gasteiger partial charge is 0.341 e. The number of rotatable bonds is 8. The van der Waals surface area contributed by atoms with E-state index in [1.165, 1.54) is 35.8 Å². The number of nitrogens with one attached hydrogen (secondary N) is 1. The van der Waals surface area contributed by atoms with E-state index in [-0.39, 0.29) is 11.7 Å². The lowest BCUT2D eigenvalue weighted by molar-refractivity contribution is -0.113. The normalized spacial score (nSPS) is 10.9. The second-order valence-corrected chi connectivity index (χ2v) is 10.2. The summed E-state index contributed by atoms with van der Waals surface area (Å²) in [5.41, 5.74) is 6.35. The Balaban J connectivity index is 1.53. The molecule has 0 aliphatic rings. The average Bonchev–Trinajstić information content (AvgIpc) is 3.48. The first-order valence-electron chi connectivity index (χ1n) is 11.5. The van der Waals surface area contributed by atoms with Gasteiger partial charge in [0, 0.05) is 23.1 Å². The number of aryl methyl sites for hydroxylation is 3. The predicted molar refractivity (Wildman–Crippen MR) is 146 cm³/mol. The van der Waals surface area contributed by atoms with E-state index < -0.39 is 5.97 Å². The Labute approximate surface area is 218 Å². The van der Waals surface area contributed by atoms with Crippen molar-refractivity contribution in [3.8, 4) is 22.5 Å². The van der Waals surface area contributed by atoms with Crippen LogP contribution in [0.25, 0.3) is 22.5 Å². The van der Waals surface area contributed by atoms with E-state index in [0.717, 1.165) is 33.6 Å². The number of hydrogen-bond acceptors (Lipinski definition) is 7. The van der Waals surface area contributed by atoms with Crippen molar-refractivity contribution in [2.45, 2.75) is 39.4 Å². The molecular formula is C27H28N4O3S2. The standard InChI is InChI=1S/C27H28N4O3S2/c1-6-31-24(19-11-8-16(2)9-12-19)29-30-27(31)36-15-22(32)28-25-23(26(33)34-5)21(14-35-25)20-13-17(3)7-10-18(20)4/h7-14H,6,15H2,1-5H3,(H,28,32). The minimum atomic E-state index is -0.483. The van der Waals surface area contributed by atoms with E-state index in [1.807, 2.05) is 80.1 Å². The zero-order chi connectivity index (χ0) is 25.8. The number of aromatic nitrogens is 3. The van der Waals surface area contributed by atoms with Gasteiger partial charge in [0.1, 0.15) is 10.6 Å². The van der Waals surface area contributed by atoms with Gasteiger partial charge in [-0.1, -0.05) is 65.4 Å². The molecule has 0 aliphatic heterocycles. The highest BCUT2D eigenvalue weighted by molar-refractivity contribution is 7.99. The van der Waals surface area contributed by atoms with Crippen molar-refractivity contribution in [3.63, 3.8) is 0 Å². The molecule has 36 heavy (non-hydrogen) atoms. The van der Waals surface area contributed by atoms with E-state index in [0.29, 0.717) is 22.3 Å². The number of benzene rings is 2. The van der Waals surface area contributed by atoms with E-state index in [1.54, 1.807) is 0 Å². The summed E-state index contributed by atoms with van der Waals surface area (Å²) in [4.78, 5) is 25.6. The summed E-state index contributed by atoms with van der Waals surface area (Å²) in [5.74, 6) is 0.180. The van der Waals surface area contributed by atoms with Crippen LogP contribution in [0, 0.1) is 20.8 Å². The van der Waals surface area contributed by atoms with E-state index in [2.05, 4.69) is 15.5 Å². The SMILES string of the molecule is CCn1c(SCC(=O)Nc2scc(-c3cc(C)ccc3C)c2C(=O)OC)nnc1-c1ccc(C)cc1. The fourth-order valence-electron chi connectivity index (χ4n) is 3.87. The number of esters is 1. The molecule has 186 valence electrons. The molecular weight excluding hydrogens is 492 g/mol. The first-order chi connectivity index (χ1) is 17.3. The fourth-order valence-corrected chi connectivity index (χ4v) is 5.64. The second-order valence-electron chi connectivity index (χ2n) is 8.42. The van der Waals surface area contributed by atoms with Crippen LogP contribution < -0.4 is 5.32 Å². The Kier molecular flexibility index (Phi) is 7.91. The lowest BCUT2D eigenvalue weighted by atomic mass is 9.97. The number of thiophene rings is 1. The first-order valence-corrected chi connectivity index (χ1v) is 13.4. The van der Waals surface area contributed by atoms with Gasteiger partial charge in [-0.2, -0.15) is 0 Å². The van der Waals surface area contributed by atoms with E-state index >= 15 is 0 Å². The van der Waals surface area contributed by atoms with Crippen LogP contribution in [-0.4, -0.2) is 39.5 Å². The zero-order valence-electron chi connectivity index (χ0n) is 20.9. The van der Waals surface area contributed by atoms with Gasteiger partial charge < -0.3 is 14.6 Å². The molecule has 2 heterocycles. The van der Waals surface area contributed by atoms with Gasteiger partial charge in [-0.15, -0.1) is 21.5 Å². The molecule has 4 aromatic rings. The summed E-state index contributed by atoms with van der Waals surface area (Å²) in [7, 11) is 1.34. The van der Waals surface area contributed by atoms with Crippen molar-refractivity contribution in [3.05, 3.63) is 70.1 Å². The molecule has 2 aromatic carbocycles. The monoisotopic (exact) mass is 520 g/mol. The Morgan fingerprint density at radius 1 is 1.03 bits per heavy atom. The number of hydrogen-bond donors (Lipinski definition) is 1. The maximum atomic E-state index is 12.9. The molecule has 0 saturated heterocycles. The van der Waals surface area contributed by atoms with Gasteiger partial charge in [-0.3, -0.25) is 4.79 Å². The number of amides is 1. The molecule has 4 rings (SSSR count). The number of anilines is 1. The highest BCUT2D eigenvalue weighted by Gasteiger charge is 2.24. The van der Waals surface area contributed by atoms with Gasteiger partial charge in [0.05, 0.1) is 12.9 Å². The van der Waals surface area contributed by atoms with Gasteiger partial charge >= 0.3 is 5.97 Å². The Morgan fingerprint density at radius 3 is 2.44 bits per heavy atom. The predicted octanol–water partition coefficient (Wildman–Crippen LogP) is 6.14. The minimum absolute atomic E-state index is 0.128. The number of ether oxygens (including phenoxy) is 1. The molecule has 0 radical (unpaired) electrons. The maximum absolute atomic E-state index is 12.9. The largest absolute Gasteiger partial charge is 0.465 e. The van der Waals surface area contributed by atoms with Crippen molar-refractivity contribution in [2.75, 3.05) is 18.2 Å². The van der Waals surface area contributed by atoms with Crippen LogP contribution in [0.1, 0.15) is 34.0 Å². The molecule has 0 unspecified atom stereocenters. The lowest BCUT2D eigenvalue weighted by Gasteiger charge is -2.10. The van der Waals surface area contributed by atoms with Crippen LogP contribution in [0.3, 0.4) is 0 Å². The van der Waals surface area contributed by atoms with Gasteiger partial charge in [-0.25, -0.2) is 4.79 Å². The summed E-state index contributed by atoms with van der Waals surface area (Å²) in [6.45, 7) is 8.74. The summed E-state index contributed by atoms with van der Waals surface area (Å²) in [5, 5.41) is 14.6. The number of carbonyl (C=O) groups excluding carboxylic acids is 2. The van der Waals surface area contributed by atoms with E-state index in [9.17, 15) is 9.59 Å². The number of methoxy groups -OCH3 is 1. The Bertz CT molecular complexity index is 1410. The van der Waals surface area contributed by atoms with Crippen LogP contribution in [0.15, 0.2) is 53.0 Å². The molecule has 1 N–H and O–H groups in total. The van der Waals surface area contributed by atoms with Crippen molar-refractivity contribution >= 4 is 40.0 Å². The van der Waals surface area contributed by atoms with Crippen LogP contribution in [0.4, 0.5) is 5.00 Å². The van der Waals surface area contributed by atoms with Crippen LogP contribution in [0.5, 0.6) is 0 Å². The number of thioether (sulfide) groups is 1. The molecule has 7 nitrogen and oxygen atoms in total. The molecule has 0 saturated carbocycles.